The Balaban J connectivity index is 2.53. The van der Waals surface area contributed by atoms with E-state index in [1.807, 2.05) is 6.92 Å². The lowest BCUT2D eigenvalue weighted by Crippen LogP contribution is -2.46. The van der Waals surface area contributed by atoms with Crippen molar-refractivity contribution in [2.45, 2.75) is 19.1 Å². The molecule has 0 saturated carbocycles. The summed E-state index contributed by atoms with van der Waals surface area (Å²) in [7, 11) is 0. The number of halogens is 3. The van der Waals surface area contributed by atoms with Gasteiger partial charge in [0.1, 0.15) is 6.04 Å². The minimum atomic E-state index is -4.50. The van der Waals surface area contributed by atoms with Crippen LogP contribution in [0.2, 0.25) is 0 Å². The molecule has 3 N–H and O–H groups in total. The van der Waals surface area contributed by atoms with E-state index in [0.717, 1.165) is 5.56 Å². The maximum Gasteiger partial charge on any atom is 0.405 e. The molecule has 1 aromatic carbocycles. The van der Waals surface area contributed by atoms with E-state index in [1.54, 1.807) is 24.3 Å². The van der Waals surface area contributed by atoms with Gasteiger partial charge >= 0.3 is 6.18 Å². The van der Waals surface area contributed by atoms with Gasteiger partial charge in [-0.15, -0.1) is 0 Å². The van der Waals surface area contributed by atoms with Crippen molar-refractivity contribution in [3.8, 4) is 0 Å². The Hall–Kier alpha value is -1.56. The molecule has 3 nitrogen and oxygen atoms in total. The summed E-state index contributed by atoms with van der Waals surface area (Å²) in [5.41, 5.74) is 6.14. The van der Waals surface area contributed by atoms with Crippen molar-refractivity contribution in [2.75, 3.05) is 6.54 Å². The number of hydrogen-bond donors (Lipinski definition) is 2. The highest BCUT2D eigenvalue weighted by molar-refractivity contribution is 5.94. The maximum atomic E-state index is 12.1. The lowest BCUT2D eigenvalue weighted by atomic mass is 10.1. The van der Waals surface area contributed by atoms with Gasteiger partial charge < -0.3 is 11.1 Å². The van der Waals surface area contributed by atoms with Crippen LogP contribution in [0.5, 0.6) is 0 Å². The van der Waals surface area contributed by atoms with E-state index in [4.69, 9.17) is 5.73 Å². The van der Waals surface area contributed by atoms with Crippen LogP contribution in [0.25, 0.3) is 0 Å². The standard InChI is InChI=1S/C11H13F3N2O/c1-7-2-4-8(5-3-7)10(17)16-6-9(15)11(12,13)14/h2-5,9H,6,15H2,1H3,(H,16,17). The van der Waals surface area contributed by atoms with Crippen LogP contribution in [0.15, 0.2) is 24.3 Å². The average Bonchev–Trinajstić information content (AvgIpc) is 2.25. The van der Waals surface area contributed by atoms with Crippen molar-refractivity contribution >= 4 is 5.91 Å². The Kier molecular flexibility index (Phi) is 4.11. The number of hydrogen-bond acceptors (Lipinski definition) is 2. The zero-order chi connectivity index (χ0) is 13.1. The molecule has 0 spiro atoms. The molecule has 0 fully saturated rings. The molecule has 1 aromatic rings. The second-order valence-electron chi connectivity index (χ2n) is 3.72. The number of alkyl halides is 3. The summed E-state index contributed by atoms with van der Waals surface area (Å²) in [5.74, 6) is -0.565. The molecule has 0 radical (unpaired) electrons. The lowest BCUT2D eigenvalue weighted by Gasteiger charge is -2.15. The summed E-state index contributed by atoms with van der Waals surface area (Å²) in [6.07, 6.45) is -4.50. The van der Waals surface area contributed by atoms with Gasteiger partial charge in [0, 0.05) is 12.1 Å². The number of nitrogens with one attached hydrogen (secondary N) is 1. The summed E-state index contributed by atoms with van der Waals surface area (Å²) in [5, 5.41) is 2.14. The van der Waals surface area contributed by atoms with Crippen molar-refractivity contribution in [1.82, 2.24) is 5.32 Å². The van der Waals surface area contributed by atoms with Gasteiger partial charge in [0.2, 0.25) is 0 Å². The van der Waals surface area contributed by atoms with E-state index >= 15 is 0 Å². The smallest absolute Gasteiger partial charge is 0.350 e. The topological polar surface area (TPSA) is 55.1 Å². The minimum Gasteiger partial charge on any atom is -0.350 e. The Labute approximate surface area is 96.8 Å². The van der Waals surface area contributed by atoms with Crippen molar-refractivity contribution < 1.29 is 18.0 Å². The molecule has 0 bridgehead atoms. The summed E-state index contributed by atoms with van der Waals surface area (Å²) >= 11 is 0. The number of carbonyl (C=O) groups is 1. The molecular formula is C11H13F3N2O. The monoisotopic (exact) mass is 246 g/mol. The van der Waals surface area contributed by atoms with Crippen LogP contribution in [0, 0.1) is 6.92 Å². The van der Waals surface area contributed by atoms with Gasteiger partial charge in [-0.2, -0.15) is 13.2 Å². The predicted molar refractivity (Wildman–Crippen MR) is 57.5 cm³/mol. The number of amides is 1. The second-order valence-corrected chi connectivity index (χ2v) is 3.72. The van der Waals surface area contributed by atoms with E-state index in [2.05, 4.69) is 5.32 Å². The van der Waals surface area contributed by atoms with E-state index in [0.29, 0.717) is 5.56 Å². The third kappa shape index (κ3) is 4.07. The fourth-order valence-corrected chi connectivity index (χ4v) is 1.13. The average molecular weight is 246 g/mol. The highest BCUT2D eigenvalue weighted by Gasteiger charge is 2.36. The normalized spacial score (nSPS) is 13.2. The van der Waals surface area contributed by atoms with Crippen LogP contribution in [0.3, 0.4) is 0 Å². The molecule has 0 aliphatic carbocycles. The molecule has 1 atom stereocenters. The van der Waals surface area contributed by atoms with Crippen molar-refractivity contribution in [3.63, 3.8) is 0 Å². The zero-order valence-electron chi connectivity index (χ0n) is 9.21. The van der Waals surface area contributed by atoms with Crippen LogP contribution >= 0.6 is 0 Å². The number of aryl methyl sites for hydroxylation is 1. The van der Waals surface area contributed by atoms with E-state index in [-0.39, 0.29) is 0 Å². The summed E-state index contributed by atoms with van der Waals surface area (Å²) in [6, 6.07) is 4.46. The Morgan fingerprint density at radius 3 is 2.35 bits per heavy atom. The van der Waals surface area contributed by atoms with Gasteiger partial charge in [-0.3, -0.25) is 4.79 Å². The molecule has 0 aliphatic heterocycles. The first-order valence-corrected chi connectivity index (χ1v) is 4.98. The van der Waals surface area contributed by atoms with Crippen molar-refractivity contribution in [3.05, 3.63) is 35.4 Å². The van der Waals surface area contributed by atoms with Gasteiger partial charge in [0.15, 0.2) is 0 Å². The number of benzene rings is 1. The molecule has 0 heterocycles. The molecule has 0 aromatic heterocycles. The predicted octanol–water partition coefficient (Wildman–Crippen LogP) is 1.61. The molecule has 1 amide bonds. The van der Waals surface area contributed by atoms with Gasteiger partial charge in [-0.25, -0.2) is 0 Å². The first kappa shape index (κ1) is 13.5. The SMILES string of the molecule is Cc1ccc(C(=O)NCC(N)C(F)(F)F)cc1. The fraction of sp³-hybridized carbons (Fsp3) is 0.364. The number of rotatable bonds is 3. The maximum absolute atomic E-state index is 12.1. The summed E-state index contributed by atoms with van der Waals surface area (Å²) in [4.78, 5) is 11.5. The lowest BCUT2D eigenvalue weighted by molar-refractivity contribution is -0.146. The molecular weight excluding hydrogens is 233 g/mol. The number of nitrogens with two attached hydrogens (primary N) is 1. The van der Waals surface area contributed by atoms with Crippen LogP contribution < -0.4 is 11.1 Å². The third-order valence-corrected chi connectivity index (χ3v) is 2.22. The van der Waals surface area contributed by atoms with Gasteiger partial charge in [-0.1, -0.05) is 17.7 Å². The van der Waals surface area contributed by atoms with Crippen LogP contribution in [-0.4, -0.2) is 24.7 Å². The molecule has 94 valence electrons. The highest BCUT2D eigenvalue weighted by Crippen LogP contribution is 2.17. The van der Waals surface area contributed by atoms with Crippen molar-refractivity contribution in [2.24, 2.45) is 5.73 Å². The Morgan fingerprint density at radius 2 is 1.88 bits per heavy atom. The molecule has 1 rings (SSSR count). The highest BCUT2D eigenvalue weighted by atomic mass is 19.4. The van der Waals surface area contributed by atoms with E-state index < -0.39 is 24.7 Å². The van der Waals surface area contributed by atoms with Crippen LogP contribution in [0.4, 0.5) is 13.2 Å². The largest absolute Gasteiger partial charge is 0.405 e. The van der Waals surface area contributed by atoms with Gasteiger partial charge in [0.05, 0.1) is 0 Å². The molecule has 17 heavy (non-hydrogen) atoms. The summed E-state index contributed by atoms with van der Waals surface area (Å²) < 4.78 is 36.2. The summed E-state index contributed by atoms with van der Waals surface area (Å²) in [6.45, 7) is 1.22. The van der Waals surface area contributed by atoms with Crippen molar-refractivity contribution in [1.29, 1.82) is 0 Å². The second kappa shape index (κ2) is 5.18. The first-order valence-electron chi connectivity index (χ1n) is 4.98. The van der Waals surface area contributed by atoms with Gasteiger partial charge in [0.25, 0.3) is 5.91 Å². The minimum absolute atomic E-state index is 0.310. The van der Waals surface area contributed by atoms with Crippen LogP contribution in [0.1, 0.15) is 15.9 Å². The Morgan fingerprint density at radius 1 is 1.35 bits per heavy atom. The van der Waals surface area contributed by atoms with Crippen LogP contribution in [-0.2, 0) is 0 Å². The van der Waals surface area contributed by atoms with E-state index in [9.17, 15) is 18.0 Å². The number of carbonyl (C=O) groups excluding carboxylic acids is 1. The Bertz CT molecular complexity index is 387. The first-order chi connectivity index (χ1) is 7.80. The molecule has 1 unspecified atom stereocenters. The molecule has 0 aliphatic rings. The van der Waals surface area contributed by atoms with E-state index in [1.165, 1.54) is 0 Å². The van der Waals surface area contributed by atoms with Gasteiger partial charge in [-0.05, 0) is 19.1 Å². The quantitative estimate of drug-likeness (QED) is 0.851. The molecule has 0 saturated heterocycles. The zero-order valence-corrected chi connectivity index (χ0v) is 9.21. The molecule has 6 heteroatoms. The fourth-order valence-electron chi connectivity index (χ4n) is 1.13. The third-order valence-electron chi connectivity index (χ3n) is 2.22.